The number of fused-ring (bicyclic) bond motifs is 3. The third kappa shape index (κ3) is 3.73. The molecule has 0 radical (unpaired) electrons. The number of carbonyl (C=O) groups excluding carboxylic acids is 1. The van der Waals surface area contributed by atoms with Gasteiger partial charge < -0.3 is 10.2 Å². The van der Waals surface area contributed by atoms with Crippen molar-refractivity contribution in [3.63, 3.8) is 0 Å². The minimum Gasteiger partial charge on any atom is -0.368 e. The predicted octanol–water partition coefficient (Wildman–Crippen LogP) is 4.55. The number of anilines is 1. The highest BCUT2D eigenvalue weighted by molar-refractivity contribution is 5.82. The van der Waals surface area contributed by atoms with Crippen LogP contribution in [0.3, 0.4) is 0 Å². The number of hydrogen-bond donors (Lipinski definition) is 1. The number of amides is 1. The van der Waals surface area contributed by atoms with Crippen LogP contribution in [-0.4, -0.2) is 18.5 Å². The predicted molar refractivity (Wildman–Crippen MR) is 102 cm³/mol. The van der Waals surface area contributed by atoms with Crippen molar-refractivity contribution in [2.75, 3.05) is 11.4 Å². The Balaban J connectivity index is 1.58. The lowest BCUT2D eigenvalue weighted by Crippen LogP contribution is -2.53. The Labute approximate surface area is 162 Å². The SMILES string of the molecule is O=C(NCc1ccccc1)C1Cc2cc(C(F)(F)F)ccc2N2CCCCC12. The van der Waals surface area contributed by atoms with Crippen molar-refractivity contribution >= 4 is 11.6 Å². The van der Waals surface area contributed by atoms with E-state index in [0.717, 1.165) is 43.1 Å². The minimum atomic E-state index is -4.38. The molecule has 1 N–H and O–H groups in total. The molecule has 2 heterocycles. The Kier molecular flexibility index (Phi) is 5.04. The molecule has 28 heavy (non-hydrogen) atoms. The summed E-state index contributed by atoms with van der Waals surface area (Å²) in [5, 5.41) is 2.99. The highest BCUT2D eigenvalue weighted by Crippen LogP contribution is 2.41. The first-order chi connectivity index (χ1) is 13.4. The standard InChI is InChI=1S/C22H23F3N2O/c23-22(24,25)17-9-10-19-16(12-17)13-18(20-8-4-5-11-27(19)20)21(28)26-14-15-6-2-1-3-7-15/h1-3,6-7,9-10,12,18,20H,4-5,8,11,13-14H2,(H,26,28). The molecule has 2 atom stereocenters. The number of alkyl halides is 3. The summed E-state index contributed by atoms with van der Waals surface area (Å²) in [4.78, 5) is 15.1. The van der Waals surface area contributed by atoms with Gasteiger partial charge in [0.15, 0.2) is 0 Å². The molecule has 0 saturated carbocycles. The average molecular weight is 388 g/mol. The van der Waals surface area contributed by atoms with Gasteiger partial charge in [0.05, 0.1) is 11.5 Å². The van der Waals surface area contributed by atoms with Crippen molar-refractivity contribution in [3.8, 4) is 0 Å². The Morgan fingerprint density at radius 2 is 1.89 bits per heavy atom. The van der Waals surface area contributed by atoms with Crippen LogP contribution in [0.1, 0.15) is 36.0 Å². The van der Waals surface area contributed by atoms with E-state index >= 15 is 0 Å². The van der Waals surface area contributed by atoms with E-state index in [1.807, 2.05) is 30.3 Å². The zero-order valence-electron chi connectivity index (χ0n) is 15.5. The fraction of sp³-hybridized carbons (Fsp3) is 0.409. The summed E-state index contributed by atoms with van der Waals surface area (Å²) in [6.07, 6.45) is -1.10. The van der Waals surface area contributed by atoms with E-state index in [2.05, 4.69) is 10.2 Å². The van der Waals surface area contributed by atoms with E-state index in [-0.39, 0.29) is 17.9 Å². The van der Waals surface area contributed by atoms with Gasteiger partial charge in [0.1, 0.15) is 0 Å². The summed E-state index contributed by atoms with van der Waals surface area (Å²) < 4.78 is 39.5. The van der Waals surface area contributed by atoms with Crippen molar-refractivity contribution < 1.29 is 18.0 Å². The topological polar surface area (TPSA) is 32.3 Å². The van der Waals surface area contributed by atoms with Gasteiger partial charge in [-0.15, -0.1) is 0 Å². The van der Waals surface area contributed by atoms with Gasteiger partial charge in [-0.2, -0.15) is 13.2 Å². The molecule has 4 rings (SSSR count). The molecule has 1 amide bonds. The van der Waals surface area contributed by atoms with E-state index in [1.54, 1.807) is 6.07 Å². The minimum absolute atomic E-state index is 0.0498. The van der Waals surface area contributed by atoms with E-state index in [4.69, 9.17) is 0 Å². The summed E-state index contributed by atoms with van der Waals surface area (Å²) in [6, 6.07) is 13.6. The van der Waals surface area contributed by atoms with Gasteiger partial charge in [-0.1, -0.05) is 30.3 Å². The fourth-order valence-electron chi connectivity index (χ4n) is 4.44. The zero-order chi connectivity index (χ0) is 19.7. The smallest absolute Gasteiger partial charge is 0.368 e. The lowest BCUT2D eigenvalue weighted by Gasteiger charge is -2.46. The summed E-state index contributed by atoms with van der Waals surface area (Å²) in [7, 11) is 0. The van der Waals surface area contributed by atoms with Gasteiger partial charge in [0.25, 0.3) is 0 Å². The lowest BCUT2D eigenvalue weighted by molar-refractivity contribution is -0.137. The number of nitrogens with one attached hydrogen (secondary N) is 1. The Hall–Kier alpha value is -2.50. The Morgan fingerprint density at radius 3 is 2.64 bits per heavy atom. The van der Waals surface area contributed by atoms with Crippen LogP contribution >= 0.6 is 0 Å². The molecule has 0 spiro atoms. The lowest BCUT2D eigenvalue weighted by atomic mass is 9.80. The highest BCUT2D eigenvalue weighted by Gasteiger charge is 2.40. The second-order valence-electron chi connectivity index (χ2n) is 7.61. The summed E-state index contributed by atoms with van der Waals surface area (Å²) >= 11 is 0. The van der Waals surface area contributed by atoms with Gasteiger partial charge in [-0.05, 0) is 55.0 Å². The second kappa shape index (κ2) is 7.49. The molecule has 3 nitrogen and oxygen atoms in total. The number of hydrogen-bond acceptors (Lipinski definition) is 2. The molecular weight excluding hydrogens is 365 g/mol. The summed E-state index contributed by atoms with van der Waals surface area (Å²) in [5.41, 5.74) is 1.83. The maximum Gasteiger partial charge on any atom is 0.416 e. The van der Waals surface area contributed by atoms with Crippen LogP contribution in [0.15, 0.2) is 48.5 Å². The third-order valence-electron chi connectivity index (χ3n) is 5.82. The van der Waals surface area contributed by atoms with Crippen LogP contribution in [0.25, 0.3) is 0 Å². The van der Waals surface area contributed by atoms with E-state index < -0.39 is 11.7 Å². The average Bonchev–Trinajstić information content (AvgIpc) is 2.71. The molecule has 2 unspecified atom stereocenters. The van der Waals surface area contributed by atoms with Crippen molar-refractivity contribution in [2.45, 2.75) is 44.4 Å². The summed E-state index contributed by atoms with van der Waals surface area (Å²) in [6.45, 7) is 1.21. The quantitative estimate of drug-likeness (QED) is 0.837. The van der Waals surface area contributed by atoms with Gasteiger partial charge in [0.2, 0.25) is 5.91 Å². The number of rotatable bonds is 3. The van der Waals surface area contributed by atoms with Gasteiger partial charge in [-0.3, -0.25) is 4.79 Å². The van der Waals surface area contributed by atoms with E-state index in [9.17, 15) is 18.0 Å². The molecular formula is C22H23F3N2O. The van der Waals surface area contributed by atoms with Crippen LogP contribution in [0.5, 0.6) is 0 Å². The molecule has 0 bridgehead atoms. The fourth-order valence-corrected chi connectivity index (χ4v) is 4.44. The van der Waals surface area contributed by atoms with Crippen molar-refractivity contribution in [1.29, 1.82) is 0 Å². The monoisotopic (exact) mass is 388 g/mol. The zero-order valence-corrected chi connectivity index (χ0v) is 15.5. The maximum atomic E-state index is 13.2. The number of carbonyl (C=O) groups is 1. The van der Waals surface area contributed by atoms with Crippen molar-refractivity contribution in [1.82, 2.24) is 5.32 Å². The Bertz CT molecular complexity index is 851. The first-order valence-electron chi connectivity index (χ1n) is 9.72. The molecule has 148 valence electrons. The molecule has 1 fully saturated rings. The molecule has 1 saturated heterocycles. The number of nitrogens with zero attached hydrogens (tertiary/aromatic N) is 1. The van der Waals surface area contributed by atoms with Crippen molar-refractivity contribution in [2.24, 2.45) is 5.92 Å². The molecule has 0 aliphatic carbocycles. The molecule has 0 aromatic heterocycles. The van der Waals surface area contributed by atoms with Crippen LogP contribution in [0.2, 0.25) is 0 Å². The molecule has 2 aromatic carbocycles. The van der Waals surface area contributed by atoms with Gasteiger partial charge in [-0.25, -0.2) is 0 Å². The maximum absolute atomic E-state index is 13.2. The van der Waals surface area contributed by atoms with Gasteiger partial charge in [0, 0.05) is 24.8 Å². The first kappa shape index (κ1) is 18.8. The molecule has 2 aromatic rings. The summed E-state index contributed by atoms with van der Waals surface area (Å²) in [5.74, 6) is -0.413. The van der Waals surface area contributed by atoms with Crippen LogP contribution < -0.4 is 10.2 Å². The number of piperidine rings is 1. The van der Waals surface area contributed by atoms with E-state index in [0.29, 0.717) is 18.5 Å². The van der Waals surface area contributed by atoms with Crippen LogP contribution in [0, 0.1) is 5.92 Å². The molecule has 2 aliphatic heterocycles. The van der Waals surface area contributed by atoms with Crippen LogP contribution in [-0.2, 0) is 23.9 Å². The first-order valence-corrected chi connectivity index (χ1v) is 9.72. The molecule has 6 heteroatoms. The number of benzene rings is 2. The highest BCUT2D eigenvalue weighted by atomic mass is 19.4. The Morgan fingerprint density at radius 1 is 1.11 bits per heavy atom. The normalized spacial score (nSPS) is 21.6. The van der Waals surface area contributed by atoms with Crippen LogP contribution in [0.4, 0.5) is 18.9 Å². The second-order valence-corrected chi connectivity index (χ2v) is 7.61. The third-order valence-corrected chi connectivity index (χ3v) is 5.82. The van der Waals surface area contributed by atoms with Gasteiger partial charge >= 0.3 is 6.18 Å². The largest absolute Gasteiger partial charge is 0.416 e. The molecule has 2 aliphatic rings. The van der Waals surface area contributed by atoms with Crippen molar-refractivity contribution in [3.05, 3.63) is 65.2 Å². The van der Waals surface area contributed by atoms with E-state index in [1.165, 1.54) is 6.07 Å². The number of halogens is 3.